The molecule has 1 aliphatic rings. The molecule has 2 rings (SSSR count). The summed E-state index contributed by atoms with van der Waals surface area (Å²) < 4.78 is 21.7. The van der Waals surface area contributed by atoms with E-state index in [2.05, 4.69) is 0 Å². The van der Waals surface area contributed by atoms with Crippen molar-refractivity contribution in [1.29, 1.82) is 0 Å². The molecule has 5 heteroatoms. The van der Waals surface area contributed by atoms with E-state index in [4.69, 9.17) is 24.7 Å². The van der Waals surface area contributed by atoms with Gasteiger partial charge in [0.2, 0.25) is 6.79 Å². The Morgan fingerprint density at radius 2 is 1.94 bits per heavy atom. The lowest BCUT2D eigenvalue weighted by atomic mass is 10.2. The monoisotopic (exact) mass is 253 g/mol. The normalized spacial score (nSPS) is 13.1. The molecule has 0 atom stereocenters. The van der Waals surface area contributed by atoms with Gasteiger partial charge in [0.15, 0.2) is 11.5 Å². The van der Waals surface area contributed by atoms with E-state index in [1.807, 2.05) is 26.0 Å². The van der Waals surface area contributed by atoms with Crippen molar-refractivity contribution in [2.24, 2.45) is 5.73 Å². The topological polar surface area (TPSA) is 62.9 Å². The van der Waals surface area contributed by atoms with Gasteiger partial charge in [0.1, 0.15) is 12.4 Å². The first-order chi connectivity index (χ1) is 8.70. The van der Waals surface area contributed by atoms with E-state index in [9.17, 15) is 0 Å². The summed E-state index contributed by atoms with van der Waals surface area (Å²) in [7, 11) is 0. The van der Waals surface area contributed by atoms with Crippen LogP contribution in [0.5, 0.6) is 17.2 Å². The van der Waals surface area contributed by atoms with Gasteiger partial charge in [0, 0.05) is 18.2 Å². The Kier molecular flexibility index (Phi) is 4.28. The Morgan fingerprint density at radius 1 is 1.22 bits per heavy atom. The summed E-state index contributed by atoms with van der Waals surface area (Å²) in [6.45, 7) is 5.68. The van der Waals surface area contributed by atoms with Crippen LogP contribution >= 0.6 is 0 Å². The number of nitrogens with two attached hydrogens (primary N) is 1. The molecule has 1 aromatic carbocycles. The first-order valence-corrected chi connectivity index (χ1v) is 6.07. The van der Waals surface area contributed by atoms with Crippen LogP contribution in [0.1, 0.15) is 19.4 Å². The van der Waals surface area contributed by atoms with E-state index in [-0.39, 0.29) is 12.9 Å². The van der Waals surface area contributed by atoms with Crippen LogP contribution in [0.25, 0.3) is 0 Å². The van der Waals surface area contributed by atoms with Crippen molar-refractivity contribution in [3.8, 4) is 17.2 Å². The molecule has 0 spiro atoms. The molecule has 2 N–H and O–H groups in total. The summed E-state index contributed by atoms with van der Waals surface area (Å²) in [5.74, 6) is 2.15. The van der Waals surface area contributed by atoms with Gasteiger partial charge in [-0.3, -0.25) is 0 Å². The maximum absolute atomic E-state index is 5.69. The third kappa shape index (κ3) is 3.05. The zero-order valence-electron chi connectivity index (χ0n) is 10.8. The van der Waals surface area contributed by atoms with Crippen molar-refractivity contribution in [3.63, 3.8) is 0 Å². The van der Waals surface area contributed by atoms with Crippen molar-refractivity contribution in [1.82, 2.24) is 0 Å². The van der Waals surface area contributed by atoms with Crippen LogP contribution in [0.3, 0.4) is 0 Å². The molecule has 0 aromatic heterocycles. The molecule has 5 nitrogen and oxygen atoms in total. The second kappa shape index (κ2) is 5.93. The number of benzene rings is 1. The van der Waals surface area contributed by atoms with Crippen molar-refractivity contribution < 1.29 is 18.9 Å². The first kappa shape index (κ1) is 13.0. The molecule has 100 valence electrons. The molecule has 1 aromatic rings. The smallest absolute Gasteiger partial charge is 0.231 e. The summed E-state index contributed by atoms with van der Waals surface area (Å²) in [6.07, 6.45) is 0.208. The maximum atomic E-state index is 5.69. The summed E-state index contributed by atoms with van der Waals surface area (Å²) in [5, 5.41) is 0. The molecule has 0 unspecified atom stereocenters. The van der Waals surface area contributed by atoms with Crippen molar-refractivity contribution in [2.75, 3.05) is 20.0 Å². The summed E-state index contributed by atoms with van der Waals surface area (Å²) in [4.78, 5) is 0. The lowest BCUT2D eigenvalue weighted by molar-refractivity contribution is 0.0550. The van der Waals surface area contributed by atoms with E-state index < -0.39 is 0 Å². The molecule has 0 saturated carbocycles. The van der Waals surface area contributed by atoms with Crippen LogP contribution in [0.2, 0.25) is 0 Å². The molecule has 0 radical (unpaired) electrons. The van der Waals surface area contributed by atoms with Crippen molar-refractivity contribution in [2.45, 2.75) is 26.5 Å². The van der Waals surface area contributed by atoms with Gasteiger partial charge in [-0.2, -0.15) is 0 Å². The van der Waals surface area contributed by atoms with Crippen molar-refractivity contribution >= 4 is 0 Å². The molecule has 1 aliphatic heterocycles. The van der Waals surface area contributed by atoms with Crippen LogP contribution in [-0.4, -0.2) is 26.1 Å². The molecule has 0 saturated heterocycles. The maximum Gasteiger partial charge on any atom is 0.231 e. The van der Waals surface area contributed by atoms with Crippen LogP contribution in [0, 0.1) is 0 Å². The zero-order chi connectivity index (χ0) is 13.0. The van der Waals surface area contributed by atoms with E-state index in [1.54, 1.807) is 0 Å². The lowest BCUT2D eigenvalue weighted by Crippen LogP contribution is -2.12. The van der Waals surface area contributed by atoms with E-state index in [1.165, 1.54) is 0 Å². The average Bonchev–Trinajstić information content (AvgIpc) is 2.80. The van der Waals surface area contributed by atoms with Crippen LogP contribution < -0.4 is 19.9 Å². The molecule has 0 fully saturated rings. The third-order valence-corrected chi connectivity index (χ3v) is 2.57. The highest BCUT2D eigenvalue weighted by atomic mass is 16.7. The Morgan fingerprint density at radius 3 is 2.61 bits per heavy atom. The number of fused-ring (bicyclic) bond motifs is 1. The highest BCUT2D eigenvalue weighted by Gasteiger charge is 2.17. The molecular weight excluding hydrogens is 234 g/mol. The van der Waals surface area contributed by atoms with Crippen LogP contribution in [0.15, 0.2) is 12.1 Å². The molecule has 0 amide bonds. The van der Waals surface area contributed by atoms with Gasteiger partial charge in [0.05, 0.1) is 12.7 Å². The second-order valence-electron chi connectivity index (χ2n) is 4.29. The molecule has 0 aliphatic carbocycles. The average molecular weight is 253 g/mol. The lowest BCUT2D eigenvalue weighted by Gasteiger charge is -2.12. The van der Waals surface area contributed by atoms with Gasteiger partial charge in [0.25, 0.3) is 0 Å². The molecule has 0 bridgehead atoms. The molecular formula is C13H19NO4. The fraction of sp³-hybridized carbons (Fsp3) is 0.538. The van der Waals surface area contributed by atoms with Gasteiger partial charge >= 0.3 is 0 Å². The first-order valence-electron chi connectivity index (χ1n) is 6.07. The van der Waals surface area contributed by atoms with Crippen LogP contribution in [0.4, 0.5) is 0 Å². The van der Waals surface area contributed by atoms with Gasteiger partial charge < -0.3 is 24.7 Å². The Labute approximate surface area is 107 Å². The SMILES string of the molecule is CC(C)OCCOc1cc2c(cc1CN)OCO2. The number of ether oxygens (including phenoxy) is 4. The third-order valence-electron chi connectivity index (χ3n) is 2.57. The highest BCUT2D eigenvalue weighted by Crippen LogP contribution is 2.37. The summed E-state index contributed by atoms with van der Waals surface area (Å²) >= 11 is 0. The Balaban J connectivity index is 1.98. The fourth-order valence-electron chi connectivity index (χ4n) is 1.69. The summed E-state index contributed by atoms with van der Waals surface area (Å²) in [6, 6.07) is 3.68. The second-order valence-corrected chi connectivity index (χ2v) is 4.29. The quantitative estimate of drug-likeness (QED) is 0.781. The number of hydrogen-bond acceptors (Lipinski definition) is 5. The number of rotatable bonds is 6. The minimum absolute atomic E-state index is 0.208. The van der Waals surface area contributed by atoms with Gasteiger partial charge in [-0.15, -0.1) is 0 Å². The van der Waals surface area contributed by atoms with E-state index in [0.29, 0.717) is 25.5 Å². The van der Waals surface area contributed by atoms with Gasteiger partial charge in [-0.1, -0.05) is 0 Å². The standard InChI is InChI=1S/C13H19NO4/c1-9(2)15-3-4-16-11-6-13-12(17-8-18-13)5-10(11)7-14/h5-6,9H,3-4,7-8,14H2,1-2H3. The minimum Gasteiger partial charge on any atom is -0.491 e. The fourth-order valence-corrected chi connectivity index (χ4v) is 1.69. The van der Waals surface area contributed by atoms with Gasteiger partial charge in [-0.05, 0) is 19.9 Å². The largest absolute Gasteiger partial charge is 0.491 e. The van der Waals surface area contributed by atoms with Crippen LogP contribution in [-0.2, 0) is 11.3 Å². The predicted octanol–water partition coefficient (Wildman–Crippen LogP) is 1.68. The van der Waals surface area contributed by atoms with Crippen molar-refractivity contribution in [3.05, 3.63) is 17.7 Å². The van der Waals surface area contributed by atoms with Gasteiger partial charge in [-0.25, -0.2) is 0 Å². The molecule has 18 heavy (non-hydrogen) atoms. The highest BCUT2D eigenvalue weighted by molar-refractivity contribution is 5.51. The van der Waals surface area contributed by atoms with E-state index >= 15 is 0 Å². The summed E-state index contributed by atoms with van der Waals surface area (Å²) in [5.41, 5.74) is 6.60. The Bertz CT molecular complexity index is 406. The number of hydrogen-bond donors (Lipinski definition) is 1. The Hall–Kier alpha value is -1.46. The predicted molar refractivity (Wildman–Crippen MR) is 67.0 cm³/mol. The zero-order valence-corrected chi connectivity index (χ0v) is 10.8. The molecule has 1 heterocycles. The van der Waals surface area contributed by atoms with E-state index in [0.717, 1.165) is 17.1 Å². The minimum atomic E-state index is 0.208.